The van der Waals surface area contributed by atoms with Crippen LogP contribution >= 0.6 is 11.3 Å². The summed E-state index contributed by atoms with van der Waals surface area (Å²) in [6, 6.07) is 12.5. The van der Waals surface area contributed by atoms with Gasteiger partial charge in [0.1, 0.15) is 0 Å². The van der Waals surface area contributed by atoms with Gasteiger partial charge in [-0.05, 0) is 29.7 Å². The highest BCUT2D eigenvalue weighted by Crippen LogP contribution is 2.46. The molecule has 1 aromatic heterocycles. The number of rotatable bonds is 4. The van der Waals surface area contributed by atoms with Crippen molar-refractivity contribution < 1.29 is 9.47 Å². The van der Waals surface area contributed by atoms with Gasteiger partial charge in [-0.25, -0.2) is 4.98 Å². The highest BCUT2D eigenvalue weighted by atomic mass is 32.1. The number of thiazole rings is 1. The van der Waals surface area contributed by atoms with Crippen LogP contribution in [0.25, 0.3) is 11.1 Å². The fraction of sp³-hybridized carbons (Fsp3) is 0.167. The quantitative estimate of drug-likeness (QED) is 0.745. The fourth-order valence-corrected chi connectivity index (χ4v) is 3.21. The molecule has 0 amide bonds. The SMILES string of the molecule is CCc1ccc(-c2c(Nc3nccs3)ccc3c2OCO3)cc1. The van der Waals surface area contributed by atoms with Crippen LogP contribution in [-0.4, -0.2) is 11.8 Å². The molecular formula is C18H16N2O2S. The summed E-state index contributed by atoms with van der Waals surface area (Å²) in [5.41, 5.74) is 4.39. The Morgan fingerprint density at radius 3 is 2.74 bits per heavy atom. The van der Waals surface area contributed by atoms with E-state index in [1.54, 1.807) is 17.5 Å². The van der Waals surface area contributed by atoms with Crippen LogP contribution in [0.4, 0.5) is 10.8 Å². The summed E-state index contributed by atoms with van der Waals surface area (Å²) in [7, 11) is 0. The van der Waals surface area contributed by atoms with Gasteiger partial charge in [0.2, 0.25) is 6.79 Å². The van der Waals surface area contributed by atoms with Crippen molar-refractivity contribution in [3.63, 3.8) is 0 Å². The van der Waals surface area contributed by atoms with Crippen LogP contribution in [0.5, 0.6) is 11.5 Å². The Morgan fingerprint density at radius 1 is 1.13 bits per heavy atom. The van der Waals surface area contributed by atoms with Crippen LogP contribution in [0.3, 0.4) is 0 Å². The lowest BCUT2D eigenvalue weighted by Crippen LogP contribution is -1.96. The van der Waals surface area contributed by atoms with Crippen LogP contribution < -0.4 is 14.8 Å². The average molecular weight is 324 g/mol. The molecule has 0 bridgehead atoms. The van der Waals surface area contributed by atoms with E-state index in [1.165, 1.54) is 5.56 Å². The summed E-state index contributed by atoms with van der Waals surface area (Å²) in [6.07, 6.45) is 2.81. The number of hydrogen-bond acceptors (Lipinski definition) is 5. The molecule has 0 saturated carbocycles. The Hall–Kier alpha value is -2.53. The minimum atomic E-state index is 0.260. The Bertz CT molecular complexity index is 814. The maximum absolute atomic E-state index is 5.72. The van der Waals surface area contributed by atoms with Crippen molar-refractivity contribution in [1.82, 2.24) is 4.98 Å². The number of aryl methyl sites for hydroxylation is 1. The first-order chi connectivity index (χ1) is 11.3. The van der Waals surface area contributed by atoms with Crippen molar-refractivity contribution in [2.24, 2.45) is 0 Å². The van der Waals surface area contributed by atoms with E-state index in [-0.39, 0.29) is 6.79 Å². The molecule has 3 aromatic rings. The Morgan fingerprint density at radius 2 is 2.00 bits per heavy atom. The molecule has 0 saturated heterocycles. The molecule has 0 radical (unpaired) electrons. The normalized spacial score (nSPS) is 12.4. The highest BCUT2D eigenvalue weighted by Gasteiger charge is 2.22. The molecule has 0 unspecified atom stereocenters. The maximum atomic E-state index is 5.72. The molecule has 0 atom stereocenters. The lowest BCUT2D eigenvalue weighted by Gasteiger charge is -2.13. The van der Waals surface area contributed by atoms with Crippen LogP contribution in [0.2, 0.25) is 0 Å². The molecule has 2 aromatic carbocycles. The van der Waals surface area contributed by atoms with Gasteiger partial charge in [0.25, 0.3) is 0 Å². The van der Waals surface area contributed by atoms with Gasteiger partial charge in [-0.2, -0.15) is 0 Å². The summed E-state index contributed by atoms with van der Waals surface area (Å²) in [6.45, 7) is 2.41. The molecular weight excluding hydrogens is 308 g/mol. The van der Waals surface area contributed by atoms with Crippen molar-refractivity contribution in [1.29, 1.82) is 0 Å². The summed E-state index contributed by atoms with van der Waals surface area (Å²) in [4.78, 5) is 4.30. The van der Waals surface area contributed by atoms with Crippen molar-refractivity contribution in [3.8, 4) is 22.6 Å². The van der Waals surface area contributed by atoms with E-state index < -0.39 is 0 Å². The molecule has 1 aliphatic rings. The van der Waals surface area contributed by atoms with Crippen molar-refractivity contribution in [2.45, 2.75) is 13.3 Å². The molecule has 116 valence electrons. The van der Waals surface area contributed by atoms with Crippen LogP contribution in [0.15, 0.2) is 48.0 Å². The molecule has 1 aliphatic heterocycles. The number of anilines is 2. The third kappa shape index (κ3) is 2.64. The predicted molar refractivity (Wildman–Crippen MR) is 92.8 cm³/mol. The molecule has 0 spiro atoms. The Kier molecular flexibility index (Phi) is 3.63. The summed E-state index contributed by atoms with van der Waals surface area (Å²) < 4.78 is 11.3. The van der Waals surface area contributed by atoms with Gasteiger partial charge in [0.05, 0.1) is 11.3 Å². The van der Waals surface area contributed by atoms with E-state index in [2.05, 4.69) is 41.5 Å². The Balaban J connectivity index is 1.82. The molecule has 4 nitrogen and oxygen atoms in total. The van der Waals surface area contributed by atoms with Gasteiger partial charge < -0.3 is 14.8 Å². The zero-order chi connectivity index (χ0) is 15.6. The first-order valence-electron chi connectivity index (χ1n) is 7.53. The number of ether oxygens (including phenoxy) is 2. The van der Waals surface area contributed by atoms with Gasteiger partial charge in [0, 0.05) is 11.6 Å². The number of nitrogens with one attached hydrogen (secondary N) is 1. The smallest absolute Gasteiger partial charge is 0.231 e. The minimum Gasteiger partial charge on any atom is -0.454 e. The average Bonchev–Trinajstić information content (AvgIpc) is 3.26. The zero-order valence-corrected chi connectivity index (χ0v) is 13.5. The third-order valence-corrected chi connectivity index (χ3v) is 4.55. The topological polar surface area (TPSA) is 43.4 Å². The van der Waals surface area contributed by atoms with Gasteiger partial charge in [-0.3, -0.25) is 0 Å². The molecule has 0 fully saturated rings. The van der Waals surface area contributed by atoms with Crippen molar-refractivity contribution in [3.05, 3.63) is 53.5 Å². The van der Waals surface area contributed by atoms with Crippen molar-refractivity contribution >= 4 is 22.2 Å². The second kappa shape index (κ2) is 5.93. The van der Waals surface area contributed by atoms with E-state index in [9.17, 15) is 0 Å². The van der Waals surface area contributed by atoms with Crippen molar-refractivity contribution in [2.75, 3.05) is 12.1 Å². The lowest BCUT2D eigenvalue weighted by atomic mass is 10.00. The van der Waals surface area contributed by atoms with E-state index in [0.717, 1.165) is 39.9 Å². The zero-order valence-electron chi connectivity index (χ0n) is 12.7. The summed E-state index contributed by atoms with van der Waals surface area (Å²) >= 11 is 1.57. The maximum Gasteiger partial charge on any atom is 0.231 e. The number of fused-ring (bicyclic) bond motifs is 1. The third-order valence-electron chi connectivity index (χ3n) is 3.86. The number of hydrogen-bond donors (Lipinski definition) is 1. The van der Waals surface area contributed by atoms with Crippen LogP contribution in [0.1, 0.15) is 12.5 Å². The van der Waals surface area contributed by atoms with E-state index in [0.29, 0.717) is 0 Å². The molecule has 4 rings (SSSR count). The Labute approximate surface area is 138 Å². The monoisotopic (exact) mass is 324 g/mol. The second-order valence-corrected chi connectivity index (χ2v) is 6.13. The van der Waals surface area contributed by atoms with E-state index in [4.69, 9.17) is 9.47 Å². The standard InChI is InChI=1S/C18H16N2O2S/c1-2-12-3-5-13(6-4-12)16-14(20-18-19-9-10-23-18)7-8-15-17(16)22-11-21-15/h3-10H,2,11H2,1H3,(H,19,20). The first kappa shape index (κ1) is 14.1. The molecule has 23 heavy (non-hydrogen) atoms. The highest BCUT2D eigenvalue weighted by molar-refractivity contribution is 7.13. The summed E-state index contributed by atoms with van der Waals surface area (Å²) in [5.74, 6) is 1.57. The minimum absolute atomic E-state index is 0.260. The van der Waals surface area contributed by atoms with Gasteiger partial charge >= 0.3 is 0 Å². The van der Waals surface area contributed by atoms with Crippen LogP contribution in [0, 0.1) is 0 Å². The molecule has 1 N–H and O–H groups in total. The second-order valence-electron chi connectivity index (χ2n) is 5.23. The first-order valence-corrected chi connectivity index (χ1v) is 8.41. The number of nitrogens with zero attached hydrogens (tertiary/aromatic N) is 1. The van der Waals surface area contributed by atoms with Gasteiger partial charge in [-0.15, -0.1) is 11.3 Å². The van der Waals surface area contributed by atoms with Gasteiger partial charge in [-0.1, -0.05) is 31.2 Å². The van der Waals surface area contributed by atoms with E-state index in [1.807, 2.05) is 17.5 Å². The number of aromatic nitrogens is 1. The van der Waals surface area contributed by atoms with E-state index >= 15 is 0 Å². The fourth-order valence-electron chi connectivity index (χ4n) is 2.67. The lowest BCUT2D eigenvalue weighted by molar-refractivity contribution is 0.174. The van der Waals surface area contributed by atoms with Gasteiger partial charge in [0.15, 0.2) is 16.6 Å². The summed E-state index contributed by atoms with van der Waals surface area (Å²) in [5, 5.41) is 6.19. The molecule has 0 aliphatic carbocycles. The largest absolute Gasteiger partial charge is 0.454 e. The molecule has 5 heteroatoms. The molecule has 2 heterocycles. The number of benzene rings is 2. The van der Waals surface area contributed by atoms with Crippen LogP contribution in [-0.2, 0) is 6.42 Å². The predicted octanol–water partition coefficient (Wildman–Crippen LogP) is 4.84.